The first-order chi connectivity index (χ1) is 13.5. The second-order valence-electron chi connectivity index (χ2n) is 7.59. The fourth-order valence-corrected chi connectivity index (χ4v) is 4.75. The predicted molar refractivity (Wildman–Crippen MR) is 110 cm³/mol. The maximum Gasteiger partial charge on any atom is 0.319 e. The molecule has 8 nitrogen and oxygen atoms in total. The number of urea groups is 1. The first-order valence-corrected chi connectivity index (χ1v) is 10.6. The maximum absolute atomic E-state index is 12.9. The molecule has 0 N–H and O–H groups in total. The first kappa shape index (κ1) is 18.9. The highest BCUT2D eigenvalue weighted by atomic mass is 32.1. The summed E-state index contributed by atoms with van der Waals surface area (Å²) in [4.78, 5) is 42.5. The number of carbonyl (C=O) groups is 2. The summed E-state index contributed by atoms with van der Waals surface area (Å²) in [6.07, 6.45) is 3.12. The van der Waals surface area contributed by atoms with Gasteiger partial charge in [0.1, 0.15) is 17.0 Å². The molecule has 0 spiro atoms. The molecular formula is C19H26N6O2S. The van der Waals surface area contributed by atoms with Crippen molar-refractivity contribution < 1.29 is 9.59 Å². The van der Waals surface area contributed by atoms with Crippen LogP contribution in [0.1, 0.15) is 12.8 Å². The Morgan fingerprint density at radius 3 is 2.43 bits per heavy atom. The highest BCUT2D eigenvalue weighted by molar-refractivity contribution is 7.16. The van der Waals surface area contributed by atoms with E-state index in [1.54, 1.807) is 36.7 Å². The molecule has 9 heteroatoms. The van der Waals surface area contributed by atoms with E-state index in [4.69, 9.17) is 0 Å². The van der Waals surface area contributed by atoms with Crippen LogP contribution in [0.3, 0.4) is 0 Å². The van der Waals surface area contributed by atoms with E-state index < -0.39 is 0 Å². The molecule has 2 aliphatic rings. The molecule has 3 amide bonds. The molecule has 4 rings (SSSR count). The van der Waals surface area contributed by atoms with Gasteiger partial charge in [0.15, 0.2) is 0 Å². The molecule has 0 unspecified atom stereocenters. The van der Waals surface area contributed by atoms with E-state index in [2.05, 4.69) is 20.9 Å². The van der Waals surface area contributed by atoms with E-state index in [-0.39, 0.29) is 17.9 Å². The fraction of sp³-hybridized carbons (Fsp3) is 0.579. The first-order valence-electron chi connectivity index (χ1n) is 9.73. The van der Waals surface area contributed by atoms with Gasteiger partial charge in [0.25, 0.3) is 0 Å². The van der Waals surface area contributed by atoms with E-state index in [9.17, 15) is 9.59 Å². The van der Waals surface area contributed by atoms with Gasteiger partial charge in [-0.3, -0.25) is 4.79 Å². The third-order valence-electron chi connectivity index (χ3n) is 5.63. The quantitative estimate of drug-likeness (QED) is 0.765. The second kappa shape index (κ2) is 7.90. The number of fused-ring (bicyclic) bond motifs is 1. The van der Waals surface area contributed by atoms with Crippen LogP contribution in [0.15, 0.2) is 17.8 Å². The Hall–Kier alpha value is -2.42. The largest absolute Gasteiger partial charge is 0.352 e. The van der Waals surface area contributed by atoms with Crippen molar-refractivity contribution in [2.75, 3.05) is 58.3 Å². The molecule has 0 radical (unpaired) electrons. The number of amides is 3. The molecule has 2 aromatic rings. The van der Waals surface area contributed by atoms with E-state index in [1.807, 2.05) is 15.2 Å². The van der Waals surface area contributed by atoms with Crippen molar-refractivity contribution in [3.63, 3.8) is 0 Å². The summed E-state index contributed by atoms with van der Waals surface area (Å²) in [5.74, 6) is 1.23. The Morgan fingerprint density at radius 1 is 1.04 bits per heavy atom. The van der Waals surface area contributed by atoms with Crippen LogP contribution in [-0.2, 0) is 4.79 Å². The van der Waals surface area contributed by atoms with Crippen LogP contribution in [0.2, 0.25) is 0 Å². The Kier molecular flexibility index (Phi) is 5.34. The minimum absolute atomic E-state index is 0.0281. The van der Waals surface area contributed by atoms with Crippen LogP contribution < -0.4 is 4.90 Å². The van der Waals surface area contributed by atoms with Gasteiger partial charge < -0.3 is 19.6 Å². The fourth-order valence-electron chi connectivity index (χ4n) is 4.03. The number of carbonyl (C=O) groups excluding carboxylic acids is 2. The van der Waals surface area contributed by atoms with Gasteiger partial charge in [0.2, 0.25) is 5.91 Å². The molecule has 150 valence electrons. The summed E-state index contributed by atoms with van der Waals surface area (Å²) in [6, 6.07) is 2.10. The van der Waals surface area contributed by atoms with Crippen molar-refractivity contribution in [1.29, 1.82) is 0 Å². The molecule has 2 saturated heterocycles. The van der Waals surface area contributed by atoms with Crippen LogP contribution in [0.5, 0.6) is 0 Å². The molecular weight excluding hydrogens is 376 g/mol. The minimum atomic E-state index is 0.0281. The van der Waals surface area contributed by atoms with Gasteiger partial charge in [-0.25, -0.2) is 14.8 Å². The Morgan fingerprint density at radius 2 is 1.75 bits per heavy atom. The number of nitrogens with zero attached hydrogens (tertiary/aromatic N) is 6. The highest BCUT2D eigenvalue weighted by Crippen LogP contribution is 2.28. The van der Waals surface area contributed by atoms with Gasteiger partial charge in [-0.05, 0) is 24.3 Å². The molecule has 4 heterocycles. The number of hydrogen-bond acceptors (Lipinski definition) is 6. The van der Waals surface area contributed by atoms with Crippen LogP contribution in [0, 0.1) is 5.92 Å². The average molecular weight is 403 g/mol. The predicted octanol–water partition coefficient (Wildman–Crippen LogP) is 1.73. The van der Waals surface area contributed by atoms with E-state index in [0.717, 1.165) is 42.0 Å². The number of hydrogen-bond donors (Lipinski definition) is 0. The lowest BCUT2D eigenvalue weighted by molar-refractivity contribution is -0.137. The normalized spacial score (nSPS) is 18.6. The molecule has 0 atom stereocenters. The SMILES string of the molecule is CN(C)C(=O)N1CCC(C(=O)N2CCN(c3ncnc4sccc34)CC2)CC1. The minimum Gasteiger partial charge on any atom is -0.352 e. The number of thiophene rings is 1. The molecule has 28 heavy (non-hydrogen) atoms. The Balaban J connectivity index is 1.32. The maximum atomic E-state index is 12.9. The summed E-state index contributed by atoms with van der Waals surface area (Å²) in [6.45, 7) is 4.31. The van der Waals surface area contributed by atoms with Gasteiger partial charge in [-0.15, -0.1) is 11.3 Å². The van der Waals surface area contributed by atoms with Crippen molar-refractivity contribution in [2.45, 2.75) is 12.8 Å². The number of rotatable bonds is 2. The monoisotopic (exact) mass is 402 g/mol. The lowest BCUT2D eigenvalue weighted by atomic mass is 9.95. The molecule has 2 aliphatic heterocycles. The van der Waals surface area contributed by atoms with Gasteiger partial charge >= 0.3 is 6.03 Å². The molecule has 2 aromatic heterocycles. The zero-order chi connectivity index (χ0) is 19.7. The van der Waals surface area contributed by atoms with Gasteiger partial charge in [-0.1, -0.05) is 0 Å². The smallest absolute Gasteiger partial charge is 0.319 e. The molecule has 0 aliphatic carbocycles. The lowest BCUT2D eigenvalue weighted by Gasteiger charge is -2.39. The topological polar surface area (TPSA) is 72.9 Å². The zero-order valence-electron chi connectivity index (χ0n) is 16.4. The number of aromatic nitrogens is 2. The summed E-state index contributed by atoms with van der Waals surface area (Å²) in [7, 11) is 3.53. The van der Waals surface area contributed by atoms with Crippen LogP contribution in [0.25, 0.3) is 10.2 Å². The van der Waals surface area contributed by atoms with E-state index >= 15 is 0 Å². The van der Waals surface area contributed by atoms with Crippen molar-refractivity contribution in [2.24, 2.45) is 5.92 Å². The number of piperidine rings is 1. The van der Waals surface area contributed by atoms with Crippen molar-refractivity contribution in [3.05, 3.63) is 17.8 Å². The van der Waals surface area contributed by atoms with Gasteiger partial charge in [0, 0.05) is 59.3 Å². The van der Waals surface area contributed by atoms with Crippen molar-refractivity contribution >= 4 is 39.3 Å². The molecule has 0 saturated carbocycles. The molecule has 2 fully saturated rings. The Labute approximate surface area is 168 Å². The average Bonchev–Trinajstić information content (AvgIpc) is 3.22. The third kappa shape index (κ3) is 3.63. The summed E-state index contributed by atoms with van der Waals surface area (Å²) >= 11 is 1.62. The van der Waals surface area contributed by atoms with E-state index in [1.165, 1.54) is 0 Å². The van der Waals surface area contributed by atoms with Crippen molar-refractivity contribution in [3.8, 4) is 0 Å². The summed E-state index contributed by atoms with van der Waals surface area (Å²) in [5.41, 5.74) is 0. The highest BCUT2D eigenvalue weighted by Gasteiger charge is 2.32. The molecule has 0 bridgehead atoms. The van der Waals surface area contributed by atoms with Crippen molar-refractivity contribution in [1.82, 2.24) is 24.7 Å². The number of likely N-dealkylation sites (tertiary alicyclic amines) is 1. The molecule has 0 aromatic carbocycles. The second-order valence-corrected chi connectivity index (χ2v) is 8.48. The summed E-state index contributed by atoms with van der Waals surface area (Å²) in [5, 5.41) is 3.13. The van der Waals surface area contributed by atoms with Crippen LogP contribution in [-0.4, -0.2) is 90.0 Å². The zero-order valence-corrected chi connectivity index (χ0v) is 17.2. The number of piperazine rings is 1. The Bertz CT molecular complexity index is 853. The van der Waals surface area contributed by atoms with Gasteiger partial charge in [0.05, 0.1) is 5.39 Å². The lowest BCUT2D eigenvalue weighted by Crippen LogP contribution is -2.52. The third-order valence-corrected chi connectivity index (χ3v) is 6.45. The number of anilines is 1. The van der Waals surface area contributed by atoms with Gasteiger partial charge in [-0.2, -0.15) is 0 Å². The standard InChI is InChI=1S/C19H26N6O2S/c1-22(2)19(27)25-6-3-14(4-7-25)18(26)24-10-8-23(9-11-24)16-15-5-12-28-17(15)21-13-20-16/h5,12-14H,3-4,6-11H2,1-2H3. The summed E-state index contributed by atoms with van der Waals surface area (Å²) < 4.78 is 0. The van der Waals surface area contributed by atoms with Crippen LogP contribution >= 0.6 is 11.3 Å². The van der Waals surface area contributed by atoms with E-state index in [0.29, 0.717) is 26.2 Å². The van der Waals surface area contributed by atoms with Crippen LogP contribution in [0.4, 0.5) is 10.6 Å².